The number of hydrogen-bond acceptors (Lipinski definition) is 9. The average molecular weight is 488 g/mol. The largest absolute Gasteiger partial charge is 0.395 e. The summed E-state index contributed by atoms with van der Waals surface area (Å²) >= 11 is 7.50. The summed E-state index contributed by atoms with van der Waals surface area (Å²) in [5, 5.41) is 13.2. The third-order valence-electron chi connectivity index (χ3n) is 5.43. The lowest BCUT2D eigenvalue weighted by Crippen LogP contribution is -2.47. The molecule has 0 atom stereocenters. The molecule has 3 aromatic heterocycles. The van der Waals surface area contributed by atoms with Gasteiger partial charge in [0.25, 0.3) is 5.91 Å². The first-order valence-corrected chi connectivity index (χ1v) is 11.9. The standard InChI is InChI=1S/C22H26ClN7O2S/c1-14-11-24-12-17(23)21(14)28-22(32)18-13-25-20(33-18)10-16-9-19(27-15(2)26-16)30-5-3-29(4-6-30)7-8-31/h9,11-13,31H,3-8,10H2,1-2H3,(H,24,28,32). The van der Waals surface area contributed by atoms with Crippen molar-refractivity contribution in [3.8, 4) is 0 Å². The maximum atomic E-state index is 12.7. The minimum Gasteiger partial charge on any atom is -0.395 e. The van der Waals surface area contributed by atoms with Crippen LogP contribution in [0.5, 0.6) is 0 Å². The summed E-state index contributed by atoms with van der Waals surface area (Å²) in [6.07, 6.45) is 5.26. The molecule has 11 heteroatoms. The molecule has 1 aliphatic heterocycles. The van der Waals surface area contributed by atoms with Crippen LogP contribution in [0.25, 0.3) is 0 Å². The van der Waals surface area contributed by atoms with Crippen molar-refractivity contribution in [2.45, 2.75) is 20.3 Å². The molecular weight excluding hydrogens is 462 g/mol. The molecule has 0 saturated carbocycles. The third kappa shape index (κ3) is 5.83. The van der Waals surface area contributed by atoms with Crippen LogP contribution in [0.2, 0.25) is 5.02 Å². The quantitative estimate of drug-likeness (QED) is 0.523. The number of carbonyl (C=O) groups excluding carboxylic acids is 1. The molecule has 9 nitrogen and oxygen atoms in total. The van der Waals surface area contributed by atoms with E-state index in [2.05, 4.69) is 35.1 Å². The van der Waals surface area contributed by atoms with Crippen molar-refractivity contribution in [3.05, 3.63) is 56.6 Å². The highest BCUT2D eigenvalue weighted by atomic mass is 35.5. The monoisotopic (exact) mass is 487 g/mol. The number of amides is 1. The third-order valence-corrected chi connectivity index (χ3v) is 6.71. The Balaban J connectivity index is 1.43. The Morgan fingerprint density at radius 2 is 1.97 bits per heavy atom. The number of aryl methyl sites for hydroxylation is 2. The first kappa shape index (κ1) is 23.5. The molecule has 1 amide bonds. The van der Waals surface area contributed by atoms with E-state index in [9.17, 15) is 4.79 Å². The van der Waals surface area contributed by atoms with Gasteiger partial charge in [-0.25, -0.2) is 15.0 Å². The predicted molar refractivity (Wildman–Crippen MR) is 129 cm³/mol. The van der Waals surface area contributed by atoms with E-state index in [0.29, 0.717) is 34.4 Å². The SMILES string of the molecule is Cc1nc(Cc2ncc(C(=O)Nc3c(C)cncc3Cl)s2)cc(N2CCN(CCO)CC2)n1. The number of hydrogen-bond donors (Lipinski definition) is 2. The molecule has 4 heterocycles. The van der Waals surface area contributed by atoms with Crippen LogP contribution in [-0.4, -0.2) is 75.2 Å². The Labute approximate surface area is 201 Å². The molecule has 0 aromatic carbocycles. The summed E-state index contributed by atoms with van der Waals surface area (Å²) in [6, 6.07) is 2.00. The van der Waals surface area contributed by atoms with Crippen molar-refractivity contribution in [1.82, 2.24) is 24.8 Å². The fourth-order valence-electron chi connectivity index (χ4n) is 3.72. The van der Waals surface area contributed by atoms with E-state index >= 15 is 0 Å². The molecule has 0 unspecified atom stereocenters. The number of thiazole rings is 1. The van der Waals surface area contributed by atoms with Gasteiger partial charge in [0.05, 0.1) is 34.2 Å². The Hall–Kier alpha value is -2.66. The number of carbonyl (C=O) groups is 1. The second-order valence-corrected chi connectivity index (χ2v) is 9.40. The van der Waals surface area contributed by atoms with Gasteiger partial charge in [0.15, 0.2) is 0 Å². The van der Waals surface area contributed by atoms with Crippen LogP contribution in [0.4, 0.5) is 11.5 Å². The molecule has 4 rings (SSSR count). The lowest BCUT2D eigenvalue weighted by atomic mass is 10.2. The lowest BCUT2D eigenvalue weighted by Gasteiger charge is -2.35. The zero-order valence-corrected chi connectivity index (χ0v) is 20.2. The van der Waals surface area contributed by atoms with Crippen molar-refractivity contribution in [3.63, 3.8) is 0 Å². The molecule has 33 heavy (non-hydrogen) atoms. The van der Waals surface area contributed by atoms with Gasteiger partial charge in [0, 0.05) is 57.6 Å². The smallest absolute Gasteiger partial charge is 0.267 e. The topological polar surface area (TPSA) is 107 Å². The molecule has 1 aliphatic rings. The van der Waals surface area contributed by atoms with Gasteiger partial charge in [-0.05, 0) is 19.4 Å². The summed E-state index contributed by atoms with van der Waals surface area (Å²) < 4.78 is 0. The number of anilines is 2. The first-order chi connectivity index (χ1) is 15.9. The van der Waals surface area contributed by atoms with Gasteiger partial charge in [-0.3, -0.25) is 14.7 Å². The van der Waals surface area contributed by atoms with E-state index in [1.54, 1.807) is 12.4 Å². The lowest BCUT2D eigenvalue weighted by molar-refractivity contribution is 0.103. The zero-order valence-electron chi connectivity index (χ0n) is 18.6. The van der Waals surface area contributed by atoms with Crippen LogP contribution in [0.3, 0.4) is 0 Å². The molecule has 0 bridgehead atoms. The average Bonchev–Trinajstić information content (AvgIpc) is 3.25. The second-order valence-electron chi connectivity index (χ2n) is 7.88. The molecular formula is C22H26ClN7O2S. The number of pyridine rings is 1. The number of halogens is 1. The fourth-order valence-corrected chi connectivity index (χ4v) is 4.81. The number of rotatable bonds is 7. The van der Waals surface area contributed by atoms with Gasteiger partial charge in [0.1, 0.15) is 16.5 Å². The number of β-amino-alcohol motifs (C(OH)–C–C–N with tert-alkyl or cyclic N) is 1. The molecule has 2 N–H and O–H groups in total. The Morgan fingerprint density at radius 3 is 2.70 bits per heavy atom. The summed E-state index contributed by atoms with van der Waals surface area (Å²) in [6.45, 7) is 8.11. The zero-order chi connectivity index (χ0) is 23.4. The van der Waals surface area contributed by atoms with E-state index in [1.807, 2.05) is 19.9 Å². The fraction of sp³-hybridized carbons (Fsp3) is 0.409. The van der Waals surface area contributed by atoms with Crippen molar-refractivity contribution in [2.75, 3.05) is 49.5 Å². The van der Waals surface area contributed by atoms with Gasteiger partial charge < -0.3 is 15.3 Å². The van der Waals surface area contributed by atoms with Crippen molar-refractivity contribution in [1.29, 1.82) is 0 Å². The Morgan fingerprint density at radius 1 is 1.18 bits per heavy atom. The van der Waals surface area contributed by atoms with E-state index in [4.69, 9.17) is 16.7 Å². The Kier molecular flexibility index (Phi) is 7.49. The maximum absolute atomic E-state index is 12.7. The molecule has 3 aromatic rings. The minimum atomic E-state index is -0.254. The minimum absolute atomic E-state index is 0.180. The summed E-state index contributed by atoms with van der Waals surface area (Å²) in [5.41, 5.74) is 2.22. The van der Waals surface area contributed by atoms with Crippen molar-refractivity contribution < 1.29 is 9.90 Å². The van der Waals surface area contributed by atoms with Gasteiger partial charge in [-0.15, -0.1) is 11.3 Å². The number of piperazine rings is 1. The van der Waals surface area contributed by atoms with Crippen LogP contribution < -0.4 is 10.2 Å². The molecule has 0 radical (unpaired) electrons. The van der Waals surface area contributed by atoms with Gasteiger partial charge in [-0.2, -0.15) is 0 Å². The van der Waals surface area contributed by atoms with Gasteiger partial charge in [-0.1, -0.05) is 11.6 Å². The van der Waals surface area contributed by atoms with Crippen LogP contribution in [0, 0.1) is 13.8 Å². The molecule has 0 spiro atoms. The van der Waals surface area contributed by atoms with E-state index in [0.717, 1.165) is 48.3 Å². The van der Waals surface area contributed by atoms with E-state index < -0.39 is 0 Å². The van der Waals surface area contributed by atoms with E-state index in [-0.39, 0.29) is 12.5 Å². The van der Waals surface area contributed by atoms with Gasteiger partial charge in [0.2, 0.25) is 0 Å². The molecule has 174 valence electrons. The van der Waals surface area contributed by atoms with E-state index in [1.165, 1.54) is 17.5 Å². The summed E-state index contributed by atoms with van der Waals surface area (Å²) in [4.78, 5) is 35.3. The number of nitrogens with one attached hydrogen (secondary N) is 1. The highest BCUT2D eigenvalue weighted by Crippen LogP contribution is 2.26. The van der Waals surface area contributed by atoms with Crippen LogP contribution in [0.15, 0.2) is 24.7 Å². The Bertz CT molecular complexity index is 1110. The summed E-state index contributed by atoms with van der Waals surface area (Å²) in [5.74, 6) is 1.35. The maximum Gasteiger partial charge on any atom is 0.267 e. The predicted octanol–water partition coefficient (Wildman–Crippen LogP) is 2.56. The normalized spacial score (nSPS) is 14.5. The van der Waals surface area contributed by atoms with Crippen LogP contribution in [-0.2, 0) is 6.42 Å². The number of aromatic nitrogens is 4. The van der Waals surface area contributed by atoms with Crippen LogP contribution >= 0.6 is 22.9 Å². The highest BCUT2D eigenvalue weighted by Gasteiger charge is 2.19. The highest BCUT2D eigenvalue weighted by molar-refractivity contribution is 7.13. The second kappa shape index (κ2) is 10.5. The number of aliphatic hydroxyl groups excluding tert-OH is 1. The molecule has 0 aliphatic carbocycles. The number of aliphatic hydroxyl groups is 1. The van der Waals surface area contributed by atoms with Crippen LogP contribution in [0.1, 0.15) is 31.8 Å². The van der Waals surface area contributed by atoms with Crippen molar-refractivity contribution in [2.24, 2.45) is 0 Å². The summed E-state index contributed by atoms with van der Waals surface area (Å²) in [7, 11) is 0. The first-order valence-electron chi connectivity index (χ1n) is 10.7. The molecule has 1 saturated heterocycles. The number of nitrogens with zero attached hydrogens (tertiary/aromatic N) is 6. The van der Waals surface area contributed by atoms with Gasteiger partial charge >= 0.3 is 0 Å². The van der Waals surface area contributed by atoms with Crippen molar-refractivity contribution >= 4 is 40.4 Å². The molecule has 1 fully saturated rings.